The molecule has 0 saturated carbocycles. The number of pyridine rings is 1. The van der Waals surface area contributed by atoms with E-state index in [0.29, 0.717) is 27.2 Å². The third-order valence-electron chi connectivity index (χ3n) is 6.31. The number of nitrogens with one attached hydrogen (secondary N) is 1. The van der Waals surface area contributed by atoms with E-state index in [9.17, 15) is 4.79 Å². The fourth-order valence-electron chi connectivity index (χ4n) is 4.51. The van der Waals surface area contributed by atoms with Crippen LogP contribution < -0.4 is 16.0 Å². The van der Waals surface area contributed by atoms with Crippen molar-refractivity contribution >= 4 is 62.0 Å². The number of hydrogen-bond acceptors (Lipinski definition) is 6. The van der Waals surface area contributed by atoms with Gasteiger partial charge in [-0.25, -0.2) is 4.98 Å². The van der Waals surface area contributed by atoms with Crippen LogP contribution in [-0.2, 0) is 0 Å². The highest BCUT2D eigenvalue weighted by atomic mass is 35.5. The SMILES string of the molecule is Cc1cc(C)c2c(N)c(C(=O)NCCCCCN3CCN(c4cccc(Cl)c4Cl)CC3)sc2n1. The van der Waals surface area contributed by atoms with E-state index in [1.54, 1.807) is 0 Å². The molecule has 0 atom stereocenters. The van der Waals surface area contributed by atoms with Crippen LogP contribution in [0.2, 0.25) is 10.0 Å². The number of carbonyl (C=O) groups excluding carboxylic acids is 1. The number of halogens is 2. The lowest BCUT2D eigenvalue weighted by molar-refractivity contribution is 0.0957. The molecule has 2 aromatic heterocycles. The number of thiophene rings is 1. The highest BCUT2D eigenvalue weighted by Gasteiger charge is 2.20. The molecule has 0 spiro atoms. The lowest BCUT2D eigenvalue weighted by Gasteiger charge is -2.36. The van der Waals surface area contributed by atoms with Gasteiger partial charge in [-0.3, -0.25) is 9.69 Å². The molecule has 9 heteroatoms. The molecule has 0 radical (unpaired) electrons. The van der Waals surface area contributed by atoms with E-state index >= 15 is 0 Å². The number of hydrogen-bond donors (Lipinski definition) is 2. The van der Waals surface area contributed by atoms with E-state index in [1.807, 2.05) is 38.1 Å². The van der Waals surface area contributed by atoms with Gasteiger partial charge in [0.2, 0.25) is 0 Å². The van der Waals surface area contributed by atoms with Gasteiger partial charge in [0.25, 0.3) is 5.91 Å². The number of piperazine rings is 1. The monoisotopic (exact) mass is 519 g/mol. The first-order chi connectivity index (χ1) is 16.3. The minimum Gasteiger partial charge on any atom is -0.397 e. The van der Waals surface area contributed by atoms with Crippen molar-refractivity contribution < 1.29 is 4.79 Å². The molecule has 182 valence electrons. The van der Waals surface area contributed by atoms with Crippen molar-refractivity contribution in [3.05, 3.63) is 50.4 Å². The van der Waals surface area contributed by atoms with Crippen molar-refractivity contribution in [2.24, 2.45) is 0 Å². The Labute approximate surface area is 215 Å². The fraction of sp³-hybridized carbons (Fsp3) is 0.440. The van der Waals surface area contributed by atoms with Crippen LogP contribution >= 0.6 is 34.5 Å². The van der Waals surface area contributed by atoms with Gasteiger partial charge in [0.05, 0.1) is 21.4 Å². The van der Waals surface area contributed by atoms with Crippen molar-refractivity contribution in [1.29, 1.82) is 0 Å². The van der Waals surface area contributed by atoms with Gasteiger partial charge < -0.3 is 16.0 Å². The molecular weight excluding hydrogens is 489 g/mol. The van der Waals surface area contributed by atoms with E-state index in [4.69, 9.17) is 28.9 Å². The number of fused-ring (bicyclic) bond motifs is 1. The third kappa shape index (κ3) is 5.60. The number of aryl methyl sites for hydroxylation is 2. The molecular formula is C25H31Cl2N5OS. The van der Waals surface area contributed by atoms with Gasteiger partial charge in [-0.15, -0.1) is 11.3 Å². The average Bonchev–Trinajstić information content (AvgIpc) is 3.14. The highest BCUT2D eigenvalue weighted by Crippen LogP contribution is 2.35. The van der Waals surface area contributed by atoms with Crippen molar-refractivity contribution in [3.63, 3.8) is 0 Å². The van der Waals surface area contributed by atoms with Gasteiger partial charge in [0.1, 0.15) is 9.71 Å². The first kappa shape index (κ1) is 25.0. The Morgan fingerprint density at radius 1 is 1.15 bits per heavy atom. The second-order valence-electron chi connectivity index (χ2n) is 8.82. The third-order valence-corrected chi connectivity index (χ3v) is 8.22. The van der Waals surface area contributed by atoms with Crippen LogP contribution in [0.5, 0.6) is 0 Å². The van der Waals surface area contributed by atoms with E-state index < -0.39 is 0 Å². The molecule has 0 unspecified atom stereocenters. The number of nitrogen functional groups attached to an aromatic ring is 1. The standard InChI is InChI=1S/C25H31Cl2N5OS/c1-16-15-17(2)30-25-20(16)22(28)23(34-25)24(33)29-9-4-3-5-10-31-11-13-32(14-12-31)19-8-6-7-18(26)21(19)27/h6-8,15H,3-5,9-14,28H2,1-2H3,(H,29,33). The maximum Gasteiger partial charge on any atom is 0.263 e. The lowest BCUT2D eigenvalue weighted by atomic mass is 10.1. The van der Waals surface area contributed by atoms with Gasteiger partial charge in [-0.1, -0.05) is 35.7 Å². The molecule has 34 heavy (non-hydrogen) atoms. The summed E-state index contributed by atoms with van der Waals surface area (Å²) in [6.45, 7) is 9.60. The number of anilines is 2. The van der Waals surface area contributed by atoms with Gasteiger partial charge in [0, 0.05) is 43.8 Å². The van der Waals surface area contributed by atoms with Crippen molar-refractivity contribution in [1.82, 2.24) is 15.2 Å². The molecule has 3 N–H and O–H groups in total. The molecule has 6 nitrogen and oxygen atoms in total. The van der Waals surface area contributed by atoms with E-state index in [0.717, 1.165) is 79.1 Å². The summed E-state index contributed by atoms with van der Waals surface area (Å²) in [6, 6.07) is 7.80. The molecule has 4 rings (SSSR count). The van der Waals surface area contributed by atoms with E-state index in [-0.39, 0.29) is 5.91 Å². The average molecular weight is 521 g/mol. The molecule has 0 bridgehead atoms. The van der Waals surface area contributed by atoms with Crippen LogP contribution in [0.15, 0.2) is 24.3 Å². The number of nitrogens with two attached hydrogens (primary N) is 1. The molecule has 1 fully saturated rings. The number of aromatic nitrogens is 1. The van der Waals surface area contributed by atoms with Crippen molar-refractivity contribution in [3.8, 4) is 0 Å². The Morgan fingerprint density at radius 3 is 2.68 bits per heavy atom. The number of rotatable bonds is 8. The lowest BCUT2D eigenvalue weighted by Crippen LogP contribution is -2.46. The number of amides is 1. The van der Waals surface area contributed by atoms with Crippen LogP contribution in [0, 0.1) is 13.8 Å². The van der Waals surface area contributed by atoms with Gasteiger partial charge in [0.15, 0.2) is 0 Å². The molecule has 3 aromatic rings. The van der Waals surface area contributed by atoms with Crippen LogP contribution in [-0.4, -0.2) is 55.1 Å². The Hall–Kier alpha value is -2.06. The topological polar surface area (TPSA) is 74.5 Å². The number of carbonyl (C=O) groups is 1. The van der Waals surface area contributed by atoms with Crippen LogP contribution in [0.4, 0.5) is 11.4 Å². The van der Waals surface area contributed by atoms with Gasteiger partial charge in [-0.05, 0) is 57.0 Å². The minimum atomic E-state index is -0.103. The number of unbranched alkanes of at least 4 members (excludes halogenated alkanes) is 2. The summed E-state index contributed by atoms with van der Waals surface area (Å²) in [5.41, 5.74) is 9.84. The normalized spacial score (nSPS) is 14.6. The molecule has 1 aliphatic rings. The molecule has 1 amide bonds. The first-order valence-corrected chi connectivity index (χ1v) is 13.3. The summed E-state index contributed by atoms with van der Waals surface area (Å²) < 4.78 is 0. The van der Waals surface area contributed by atoms with Crippen molar-refractivity contribution in [2.75, 3.05) is 49.9 Å². The summed E-state index contributed by atoms with van der Waals surface area (Å²) >= 11 is 13.9. The summed E-state index contributed by atoms with van der Waals surface area (Å²) in [5, 5.41) is 5.17. The fourth-order valence-corrected chi connectivity index (χ4v) is 6.05. The zero-order chi connectivity index (χ0) is 24.2. The largest absolute Gasteiger partial charge is 0.397 e. The Bertz CT molecular complexity index is 1170. The summed E-state index contributed by atoms with van der Waals surface area (Å²) in [7, 11) is 0. The maximum absolute atomic E-state index is 12.7. The highest BCUT2D eigenvalue weighted by molar-refractivity contribution is 7.21. The van der Waals surface area contributed by atoms with E-state index in [2.05, 4.69) is 20.1 Å². The number of benzene rings is 1. The zero-order valence-corrected chi connectivity index (χ0v) is 22.0. The molecule has 0 aliphatic carbocycles. The van der Waals surface area contributed by atoms with Crippen LogP contribution in [0.3, 0.4) is 0 Å². The minimum absolute atomic E-state index is 0.103. The molecule has 1 saturated heterocycles. The second-order valence-corrected chi connectivity index (χ2v) is 10.6. The Morgan fingerprint density at radius 2 is 1.91 bits per heavy atom. The molecule has 1 aliphatic heterocycles. The van der Waals surface area contributed by atoms with E-state index in [1.165, 1.54) is 11.3 Å². The molecule has 3 heterocycles. The Balaban J connectivity index is 1.16. The summed E-state index contributed by atoms with van der Waals surface area (Å²) in [4.78, 5) is 23.4. The van der Waals surface area contributed by atoms with Crippen molar-refractivity contribution in [2.45, 2.75) is 33.1 Å². The summed E-state index contributed by atoms with van der Waals surface area (Å²) in [5.74, 6) is -0.103. The van der Waals surface area contributed by atoms with Crippen LogP contribution in [0.25, 0.3) is 10.2 Å². The second kappa shape index (κ2) is 11.1. The van der Waals surface area contributed by atoms with Gasteiger partial charge in [-0.2, -0.15) is 0 Å². The smallest absolute Gasteiger partial charge is 0.263 e. The first-order valence-electron chi connectivity index (χ1n) is 11.7. The predicted octanol–water partition coefficient (Wildman–Crippen LogP) is 5.52. The maximum atomic E-state index is 12.7. The van der Waals surface area contributed by atoms with Crippen LogP contribution in [0.1, 0.15) is 40.2 Å². The summed E-state index contributed by atoms with van der Waals surface area (Å²) in [6.07, 6.45) is 3.13. The zero-order valence-electron chi connectivity index (χ0n) is 19.7. The Kier molecular flexibility index (Phi) is 8.19. The molecule has 1 aromatic carbocycles. The predicted molar refractivity (Wildman–Crippen MR) is 145 cm³/mol. The quantitative estimate of drug-likeness (QED) is 0.383. The number of nitrogens with zero attached hydrogens (tertiary/aromatic N) is 3. The van der Waals surface area contributed by atoms with Gasteiger partial charge >= 0.3 is 0 Å².